The number of unbranched alkanes of at least 4 members (excludes halogenated alkanes) is 3. The summed E-state index contributed by atoms with van der Waals surface area (Å²) in [5, 5.41) is 8.58. The Morgan fingerprint density at radius 2 is 1.59 bits per heavy atom. The summed E-state index contributed by atoms with van der Waals surface area (Å²) in [5.74, 6) is -14.0. The van der Waals surface area contributed by atoms with Crippen molar-refractivity contribution in [2.75, 3.05) is 6.61 Å². The standard InChI is InChI=1S/C25H28F8N2O3S/c1-2-3-4-5-9-19(26)22-35-34-21(39-22)18-8-6-7-10-20(18)38-14-13-16(36)11-12-17(37)15-23(27,28)24(29,30)25(31,32)33/h6-8,10,19H,2-5,9,11-15H2,1H3. The molecule has 1 unspecified atom stereocenters. The average molecular weight is 589 g/mol. The number of ketones is 2. The van der Waals surface area contributed by atoms with Gasteiger partial charge in [-0.05, 0) is 18.6 Å². The molecule has 0 radical (unpaired) electrons. The van der Waals surface area contributed by atoms with Crippen molar-refractivity contribution in [1.29, 1.82) is 0 Å². The summed E-state index contributed by atoms with van der Waals surface area (Å²) < 4.78 is 109. The van der Waals surface area contributed by atoms with Crippen LogP contribution in [0, 0.1) is 0 Å². The number of ether oxygens (including phenoxy) is 1. The molecule has 0 bridgehead atoms. The highest BCUT2D eigenvalue weighted by Gasteiger charge is 2.73. The molecule has 1 aromatic carbocycles. The zero-order valence-electron chi connectivity index (χ0n) is 21.0. The predicted molar refractivity (Wildman–Crippen MR) is 128 cm³/mol. The Labute approximate surface area is 224 Å². The number of para-hydroxylation sites is 1. The van der Waals surface area contributed by atoms with E-state index in [1.807, 2.05) is 0 Å². The molecule has 2 rings (SSSR count). The number of alkyl halides is 8. The normalized spacial score (nSPS) is 13.4. The quantitative estimate of drug-likeness (QED) is 0.138. The third kappa shape index (κ3) is 9.21. The van der Waals surface area contributed by atoms with E-state index in [4.69, 9.17) is 4.74 Å². The molecule has 1 aromatic heterocycles. The molecule has 39 heavy (non-hydrogen) atoms. The van der Waals surface area contributed by atoms with Crippen LogP contribution in [0.3, 0.4) is 0 Å². The number of rotatable bonds is 17. The number of Topliss-reactive ketones (excluding diaryl/α,β-unsaturated/α-hetero) is 2. The van der Waals surface area contributed by atoms with Crippen molar-refractivity contribution in [2.45, 2.75) is 88.9 Å². The van der Waals surface area contributed by atoms with E-state index in [2.05, 4.69) is 17.1 Å². The zero-order valence-corrected chi connectivity index (χ0v) is 21.8. The second-order valence-electron chi connectivity index (χ2n) is 8.89. The molecule has 2 aromatic rings. The summed E-state index contributed by atoms with van der Waals surface area (Å²) in [5.41, 5.74) is 0.495. The highest BCUT2D eigenvalue weighted by atomic mass is 32.1. The fraction of sp³-hybridized carbons (Fsp3) is 0.600. The fourth-order valence-corrected chi connectivity index (χ4v) is 4.33. The first-order valence-corrected chi connectivity index (χ1v) is 13.1. The molecule has 14 heteroatoms. The van der Waals surface area contributed by atoms with Gasteiger partial charge in [-0.1, -0.05) is 56.1 Å². The Balaban J connectivity index is 1.86. The van der Waals surface area contributed by atoms with E-state index in [0.717, 1.165) is 37.0 Å². The van der Waals surface area contributed by atoms with Crippen LogP contribution in [0.25, 0.3) is 10.6 Å². The molecular formula is C25H28F8N2O3S. The van der Waals surface area contributed by atoms with Crippen molar-refractivity contribution in [3.63, 3.8) is 0 Å². The van der Waals surface area contributed by atoms with Gasteiger partial charge in [0, 0.05) is 19.3 Å². The van der Waals surface area contributed by atoms with E-state index in [0.29, 0.717) is 22.7 Å². The maximum atomic E-state index is 14.5. The number of nitrogens with zero attached hydrogens (tertiary/aromatic N) is 2. The summed E-state index contributed by atoms with van der Waals surface area (Å²) in [4.78, 5) is 23.6. The van der Waals surface area contributed by atoms with Gasteiger partial charge >= 0.3 is 18.0 Å². The minimum atomic E-state index is -6.53. The van der Waals surface area contributed by atoms with Gasteiger partial charge in [0.2, 0.25) is 0 Å². The molecule has 1 atom stereocenters. The van der Waals surface area contributed by atoms with Crippen LogP contribution in [0.15, 0.2) is 24.3 Å². The largest absolute Gasteiger partial charge is 0.492 e. The van der Waals surface area contributed by atoms with Crippen LogP contribution in [-0.2, 0) is 9.59 Å². The van der Waals surface area contributed by atoms with Crippen molar-refractivity contribution in [2.24, 2.45) is 0 Å². The molecule has 218 valence electrons. The molecular weight excluding hydrogens is 560 g/mol. The maximum absolute atomic E-state index is 14.5. The van der Waals surface area contributed by atoms with E-state index in [1.54, 1.807) is 24.3 Å². The first kappa shape index (κ1) is 32.6. The van der Waals surface area contributed by atoms with Gasteiger partial charge in [-0.3, -0.25) is 9.59 Å². The van der Waals surface area contributed by atoms with Crippen LogP contribution in [0.4, 0.5) is 35.1 Å². The van der Waals surface area contributed by atoms with Crippen LogP contribution in [0.2, 0.25) is 0 Å². The van der Waals surface area contributed by atoms with Gasteiger partial charge in [-0.15, -0.1) is 10.2 Å². The van der Waals surface area contributed by atoms with Crippen LogP contribution >= 0.6 is 11.3 Å². The summed E-state index contributed by atoms with van der Waals surface area (Å²) in [6.45, 7) is 1.85. The summed E-state index contributed by atoms with van der Waals surface area (Å²) in [6, 6.07) is 6.57. The molecule has 0 saturated heterocycles. The fourth-order valence-electron chi connectivity index (χ4n) is 3.45. The van der Waals surface area contributed by atoms with Crippen LogP contribution in [0.5, 0.6) is 5.75 Å². The number of aromatic nitrogens is 2. The Morgan fingerprint density at radius 1 is 0.923 bits per heavy atom. The molecule has 0 spiro atoms. The monoisotopic (exact) mass is 588 g/mol. The molecule has 0 aliphatic heterocycles. The van der Waals surface area contributed by atoms with Gasteiger partial charge in [0.25, 0.3) is 0 Å². The number of carbonyl (C=O) groups is 2. The van der Waals surface area contributed by atoms with Crippen molar-refractivity contribution in [3.05, 3.63) is 29.3 Å². The van der Waals surface area contributed by atoms with Gasteiger partial charge < -0.3 is 4.74 Å². The lowest BCUT2D eigenvalue weighted by atomic mass is 10.0. The van der Waals surface area contributed by atoms with Gasteiger partial charge in [-0.25, -0.2) is 4.39 Å². The van der Waals surface area contributed by atoms with Gasteiger partial charge in [-0.2, -0.15) is 30.7 Å². The molecule has 0 N–H and O–H groups in total. The Hall–Kier alpha value is -2.64. The molecule has 0 aliphatic rings. The number of carbonyl (C=O) groups excluding carboxylic acids is 2. The molecule has 1 heterocycles. The van der Waals surface area contributed by atoms with Crippen LogP contribution in [0.1, 0.15) is 75.9 Å². The van der Waals surface area contributed by atoms with E-state index in [1.165, 1.54) is 0 Å². The lowest BCUT2D eigenvalue weighted by Crippen LogP contribution is -2.52. The predicted octanol–water partition coefficient (Wildman–Crippen LogP) is 8.10. The van der Waals surface area contributed by atoms with Crippen molar-refractivity contribution < 1.29 is 49.4 Å². The van der Waals surface area contributed by atoms with E-state index >= 15 is 0 Å². The summed E-state index contributed by atoms with van der Waals surface area (Å²) >= 11 is 1.06. The first-order chi connectivity index (χ1) is 18.2. The van der Waals surface area contributed by atoms with E-state index in [-0.39, 0.29) is 18.0 Å². The van der Waals surface area contributed by atoms with Gasteiger partial charge in [0.1, 0.15) is 17.3 Å². The number of benzene rings is 1. The Morgan fingerprint density at radius 3 is 2.26 bits per heavy atom. The molecule has 0 amide bonds. The lowest BCUT2D eigenvalue weighted by molar-refractivity contribution is -0.353. The second-order valence-corrected chi connectivity index (χ2v) is 9.90. The molecule has 0 fully saturated rings. The minimum Gasteiger partial charge on any atom is -0.492 e. The topological polar surface area (TPSA) is 69.2 Å². The SMILES string of the molecule is CCCCCCC(F)c1nnc(-c2ccccc2OCCC(=O)CCC(=O)CC(F)(F)C(F)(F)C(F)(F)F)s1. The van der Waals surface area contributed by atoms with Gasteiger partial charge in [0.05, 0.1) is 18.6 Å². The highest BCUT2D eigenvalue weighted by molar-refractivity contribution is 7.14. The van der Waals surface area contributed by atoms with Gasteiger partial charge in [0.15, 0.2) is 16.2 Å². The number of halogens is 8. The first-order valence-electron chi connectivity index (χ1n) is 12.2. The molecule has 5 nitrogen and oxygen atoms in total. The van der Waals surface area contributed by atoms with Crippen molar-refractivity contribution in [1.82, 2.24) is 10.2 Å². The third-order valence-corrected chi connectivity index (χ3v) is 6.73. The lowest BCUT2D eigenvalue weighted by Gasteiger charge is -2.27. The average Bonchev–Trinajstić information content (AvgIpc) is 3.35. The molecule has 0 aliphatic carbocycles. The third-order valence-electron chi connectivity index (χ3n) is 5.69. The van der Waals surface area contributed by atoms with E-state index < -0.39 is 55.0 Å². The van der Waals surface area contributed by atoms with Crippen LogP contribution < -0.4 is 4.74 Å². The number of hydrogen-bond donors (Lipinski definition) is 0. The highest BCUT2D eigenvalue weighted by Crippen LogP contribution is 2.48. The zero-order chi connectivity index (χ0) is 29.3. The maximum Gasteiger partial charge on any atom is 0.459 e. The van der Waals surface area contributed by atoms with Crippen molar-refractivity contribution in [3.8, 4) is 16.3 Å². The summed E-state index contributed by atoms with van der Waals surface area (Å²) in [7, 11) is 0. The van der Waals surface area contributed by atoms with Crippen molar-refractivity contribution >= 4 is 22.9 Å². The summed E-state index contributed by atoms with van der Waals surface area (Å²) in [6.07, 6.45) is -7.93. The van der Waals surface area contributed by atoms with Crippen LogP contribution in [-0.4, -0.2) is 46.4 Å². The van der Waals surface area contributed by atoms with E-state index in [9.17, 15) is 44.7 Å². The molecule has 0 saturated carbocycles. The minimum absolute atomic E-state index is 0.207. The Kier molecular flexibility index (Phi) is 11.8. The second kappa shape index (κ2) is 14.1. The smallest absolute Gasteiger partial charge is 0.459 e. The number of hydrogen-bond acceptors (Lipinski definition) is 6. The Bertz CT molecular complexity index is 1090.